The zero-order valence-electron chi connectivity index (χ0n) is 42.1. The molecule has 4 aromatic rings. The highest BCUT2D eigenvalue weighted by Gasteiger charge is 2.23. The summed E-state index contributed by atoms with van der Waals surface area (Å²) < 4.78 is 16.6. The summed E-state index contributed by atoms with van der Waals surface area (Å²) in [4.78, 5) is 36.7. The maximum atomic E-state index is 12.2. The fourth-order valence-electron chi connectivity index (χ4n) is 7.13. The number of carbonyl (C=O) groups excluding carboxylic acids is 2. The molecule has 0 aliphatic heterocycles. The summed E-state index contributed by atoms with van der Waals surface area (Å²) in [5, 5.41) is 23.1. The lowest BCUT2D eigenvalue weighted by Gasteiger charge is -2.24. The van der Waals surface area contributed by atoms with Crippen molar-refractivity contribution >= 4 is 12.2 Å². The first-order valence-corrected chi connectivity index (χ1v) is 23.4. The van der Waals surface area contributed by atoms with Gasteiger partial charge < -0.3 is 40.6 Å². The van der Waals surface area contributed by atoms with Gasteiger partial charge in [0, 0.05) is 56.0 Å². The van der Waals surface area contributed by atoms with E-state index in [-0.39, 0.29) is 23.2 Å². The Hall–Kier alpha value is -5.90. The topological polar surface area (TPSA) is 149 Å². The minimum atomic E-state index is -0.579. The lowest BCUT2D eigenvalue weighted by atomic mass is 9.84. The van der Waals surface area contributed by atoms with Crippen molar-refractivity contribution < 1.29 is 38.7 Å². The molecule has 0 aliphatic carbocycles. The highest BCUT2D eigenvalue weighted by molar-refractivity contribution is 5.68. The largest absolute Gasteiger partial charge is 0.508 e. The van der Waals surface area contributed by atoms with Crippen LogP contribution in [0.15, 0.2) is 72.8 Å². The quantitative estimate of drug-likeness (QED) is 0.0237. The highest BCUT2D eigenvalue weighted by atomic mass is 17.2. The first kappa shape index (κ1) is 53.7. The predicted molar refractivity (Wildman–Crippen MR) is 267 cm³/mol. The summed E-state index contributed by atoms with van der Waals surface area (Å²) in [6.07, 6.45) is 7.55. The monoisotopic (exact) mass is 921 g/mol. The van der Waals surface area contributed by atoms with Gasteiger partial charge in [0.15, 0.2) is 11.5 Å². The Morgan fingerprint density at radius 1 is 0.537 bits per heavy atom. The Labute approximate surface area is 400 Å². The Morgan fingerprint density at radius 3 is 1.40 bits per heavy atom. The molecule has 4 rings (SSSR count). The average Bonchev–Trinajstić information content (AvgIpc) is 3.22. The van der Waals surface area contributed by atoms with Gasteiger partial charge in [-0.15, -0.1) is 6.42 Å². The number of nitrogens with one attached hydrogen (secondary N) is 4. The Balaban J connectivity index is 1.48. The number of phenolic OH excluding ortho intramolecular Hbond substituents is 1. The Kier molecular flexibility index (Phi) is 19.4. The summed E-state index contributed by atoms with van der Waals surface area (Å²) in [6, 6.07) is 24.6. The molecule has 0 unspecified atom stereocenters. The van der Waals surface area contributed by atoms with Crippen molar-refractivity contribution in [3.05, 3.63) is 117 Å². The van der Waals surface area contributed by atoms with Gasteiger partial charge in [0.25, 0.3) is 0 Å². The number of hydrogen-bond donors (Lipinski definition) is 5. The van der Waals surface area contributed by atoms with Crippen molar-refractivity contribution in [2.75, 3.05) is 32.8 Å². The van der Waals surface area contributed by atoms with E-state index in [1.807, 2.05) is 65.8 Å². The van der Waals surface area contributed by atoms with Crippen LogP contribution >= 0.6 is 0 Å². The van der Waals surface area contributed by atoms with Crippen LogP contribution in [-0.2, 0) is 59.1 Å². The minimum Gasteiger partial charge on any atom is -0.508 e. The molecule has 364 valence electrons. The Morgan fingerprint density at radius 2 is 0.940 bits per heavy atom. The molecule has 0 bridgehead atoms. The molecule has 67 heavy (non-hydrogen) atoms. The molecule has 0 aliphatic rings. The zero-order valence-corrected chi connectivity index (χ0v) is 42.1. The number of rotatable bonds is 21. The van der Waals surface area contributed by atoms with E-state index in [1.54, 1.807) is 6.07 Å². The average molecular weight is 921 g/mol. The van der Waals surface area contributed by atoms with E-state index >= 15 is 0 Å². The van der Waals surface area contributed by atoms with Crippen LogP contribution in [0.5, 0.6) is 23.0 Å². The molecule has 0 atom stereocenters. The van der Waals surface area contributed by atoms with Crippen molar-refractivity contribution in [3.63, 3.8) is 0 Å². The van der Waals surface area contributed by atoms with E-state index in [9.17, 15) is 14.7 Å². The number of benzene rings is 4. The first-order chi connectivity index (χ1) is 31.4. The van der Waals surface area contributed by atoms with E-state index in [0.29, 0.717) is 63.6 Å². The standard InChI is InChI=1S/C55H76N4O8/c1-14-31-63-48-34-40(21-25-44(48)52(2,3)4)17-18-41-22-26-45(53(5,6)7)49(35-41)67-66-47-33-39(20-24-43(47)37-57-28-30-59-51(62)65-55(11,12)13)16-15-38-19-23-42(46(60)32-38)36-56-27-29-58-50(61)64-54(8,9)10/h1,19-26,32-35,56-57,60H,15-18,27-31,36-37H2,2-13H3,(H,58,61)(H,59,62). The van der Waals surface area contributed by atoms with Crippen molar-refractivity contribution in [1.82, 2.24) is 21.3 Å². The number of aryl methyl sites for hydroxylation is 4. The smallest absolute Gasteiger partial charge is 0.407 e. The third kappa shape index (κ3) is 19.1. The second-order valence-electron chi connectivity index (χ2n) is 20.9. The summed E-state index contributed by atoms with van der Waals surface area (Å²) in [7, 11) is 0. The maximum absolute atomic E-state index is 12.2. The van der Waals surface area contributed by atoms with Gasteiger partial charge >= 0.3 is 12.2 Å². The van der Waals surface area contributed by atoms with Crippen LogP contribution in [0, 0.1) is 12.3 Å². The molecular weight excluding hydrogens is 845 g/mol. The molecule has 0 spiro atoms. The first-order valence-electron chi connectivity index (χ1n) is 23.4. The van der Waals surface area contributed by atoms with Crippen LogP contribution in [0.2, 0.25) is 0 Å². The summed E-state index contributed by atoms with van der Waals surface area (Å²) in [5.74, 6) is 4.83. The predicted octanol–water partition coefficient (Wildman–Crippen LogP) is 10.2. The zero-order chi connectivity index (χ0) is 49.4. The number of phenols is 1. The number of terminal acetylenes is 1. The van der Waals surface area contributed by atoms with Gasteiger partial charge in [0.1, 0.15) is 29.3 Å². The normalized spacial score (nSPS) is 11.9. The Bertz CT molecular complexity index is 2290. The van der Waals surface area contributed by atoms with E-state index in [0.717, 1.165) is 63.1 Å². The molecular formula is C55H76N4O8. The molecule has 12 nitrogen and oxygen atoms in total. The lowest BCUT2D eigenvalue weighted by molar-refractivity contribution is -0.102. The van der Waals surface area contributed by atoms with Gasteiger partial charge in [-0.05, 0) is 130 Å². The molecule has 2 amide bonds. The van der Waals surface area contributed by atoms with Crippen LogP contribution < -0.4 is 35.8 Å². The second-order valence-corrected chi connectivity index (χ2v) is 20.9. The minimum absolute atomic E-state index is 0.0897. The maximum Gasteiger partial charge on any atom is 0.407 e. The third-order valence-corrected chi connectivity index (χ3v) is 10.5. The molecule has 0 fully saturated rings. The van der Waals surface area contributed by atoms with Crippen LogP contribution in [0.25, 0.3) is 0 Å². The number of ether oxygens (including phenoxy) is 3. The number of amides is 2. The van der Waals surface area contributed by atoms with E-state index in [2.05, 4.69) is 111 Å². The lowest BCUT2D eigenvalue weighted by Crippen LogP contribution is -2.36. The summed E-state index contributed by atoms with van der Waals surface area (Å²) in [5.41, 5.74) is 6.59. The number of aromatic hydroxyl groups is 1. The van der Waals surface area contributed by atoms with Gasteiger partial charge in [-0.2, -0.15) is 0 Å². The van der Waals surface area contributed by atoms with E-state index in [4.69, 9.17) is 30.4 Å². The van der Waals surface area contributed by atoms with Gasteiger partial charge in [-0.3, -0.25) is 9.78 Å². The highest BCUT2D eigenvalue weighted by Crippen LogP contribution is 2.35. The van der Waals surface area contributed by atoms with Gasteiger partial charge in [-0.1, -0.05) is 96.0 Å². The van der Waals surface area contributed by atoms with Crippen molar-refractivity contribution in [3.8, 4) is 35.3 Å². The molecule has 0 heterocycles. The van der Waals surface area contributed by atoms with E-state index < -0.39 is 23.4 Å². The number of alkyl carbamates (subject to hydrolysis) is 2. The van der Waals surface area contributed by atoms with Crippen molar-refractivity contribution in [2.24, 2.45) is 0 Å². The molecule has 0 radical (unpaired) electrons. The van der Waals surface area contributed by atoms with Crippen LogP contribution in [0.1, 0.15) is 128 Å². The molecule has 0 saturated heterocycles. The van der Waals surface area contributed by atoms with Crippen molar-refractivity contribution in [1.29, 1.82) is 0 Å². The fourth-order valence-corrected chi connectivity index (χ4v) is 7.13. The number of carbonyl (C=O) groups is 2. The van der Waals surface area contributed by atoms with Gasteiger partial charge in [-0.25, -0.2) is 9.59 Å². The molecule has 12 heteroatoms. The molecule has 5 N–H and O–H groups in total. The van der Waals surface area contributed by atoms with Crippen LogP contribution in [-0.4, -0.2) is 61.3 Å². The van der Waals surface area contributed by atoms with Crippen LogP contribution in [0.4, 0.5) is 9.59 Å². The van der Waals surface area contributed by atoms with Crippen LogP contribution in [0.3, 0.4) is 0 Å². The SMILES string of the molecule is C#CCOc1cc(CCc2ccc(C(C)(C)C)c(OOc3cc(CCc4ccc(CNCCNC(=O)OC(C)(C)C)c(O)c4)ccc3CNCCNC(=O)OC(C)(C)C)c2)ccc1C(C)(C)C. The molecule has 0 aromatic heterocycles. The fraction of sp³-hybridized carbons (Fsp3) is 0.491. The van der Waals surface area contributed by atoms with E-state index in [1.165, 1.54) is 0 Å². The molecule has 0 saturated carbocycles. The molecule has 4 aromatic carbocycles. The second kappa shape index (κ2) is 24.2. The number of hydrogen-bond acceptors (Lipinski definition) is 10. The van der Waals surface area contributed by atoms with Gasteiger partial charge in [0.2, 0.25) is 0 Å². The van der Waals surface area contributed by atoms with Gasteiger partial charge in [0.05, 0.1) is 0 Å². The summed E-state index contributed by atoms with van der Waals surface area (Å²) in [6.45, 7) is 26.8. The third-order valence-electron chi connectivity index (χ3n) is 10.5. The van der Waals surface area contributed by atoms with Crippen molar-refractivity contribution in [2.45, 2.75) is 144 Å². The summed E-state index contributed by atoms with van der Waals surface area (Å²) >= 11 is 0.